The van der Waals surface area contributed by atoms with E-state index in [1.165, 1.54) is 12.3 Å². The molecule has 2 N–H and O–H groups in total. The highest BCUT2D eigenvalue weighted by Crippen LogP contribution is 2.33. The van der Waals surface area contributed by atoms with E-state index in [0.717, 1.165) is 32.1 Å². The second-order valence-electron chi connectivity index (χ2n) is 5.41. The van der Waals surface area contributed by atoms with Gasteiger partial charge in [0.1, 0.15) is 0 Å². The maximum absolute atomic E-state index is 13.6. The van der Waals surface area contributed by atoms with Crippen LogP contribution in [0.3, 0.4) is 0 Å². The molecule has 1 aromatic heterocycles. The molecule has 3 nitrogen and oxygen atoms in total. The smallest absolute Gasteiger partial charge is 0.166 e. The fraction of sp³-hybridized carbons (Fsp3) is 0.643. The van der Waals surface area contributed by atoms with Crippen LogP contribution in [0.1, 0.15) is 39.0 Å². The molecule has 0 atom stereocenters. The van der Waals surface area contributed by atoms with Crippen molar-refractivity contribution in [2.75, 3.05) is 11.9 Å². The highest BCUT2D eigenvalue weighted by atomic mass is 35.5. The first-order chi connectivity index (χ1) is 9.02. The van der Waals surface area contributed by atoms with Gasteiger partial charge in [-0.05, 0) is 37.7 Å². The van der Waals surface area contributed by atoms with E-state index in [1.807, 2.05) is 0 Å². The minimum Gasteiger partial charge on any atom is -0.388 e. The first-order valence-corrected chi connectivity index (χ1v) is 7.17. The Balaban J connectivity index is 1.91. The Hall–Kier alpha value is -0.870. The largest absolute Gasteiger partial charge is 0.388 e. The number of rotatable bonds is 4. The van der Waals surface area contributed by atoms with E-state index >= 15 is 0 Å². The Kier molecular flexibility index (Phi) is 4.63. The number of anilines is 1. The highest BCUT2D eigenvalue weighted by Gasteiger charge is 2.32. The first kappa shape index (κ1) is 14.5. The Morgan fingerprint density at radius 1 is 1.53 bits per heavy atom. The van der Waals surface area contributed by atoms with Gasteiger partial charge in [0.25, 0.3) is 0 Å². The summed E-state index contributed by atoms with van der Waals surface area (Å²) in [6.45, 7) is 2.51. The zero-order valence-electron chi connectivity index (χ0n) is 11.1. The van der Waals surface area contributed by atoms with Crippen molar-refractivity contribution < 1.29 is 9.50 Å². The van der Waals surface area contributed by atoms with Gasteiger partial charge in [0.2, 0.25) is 0 Å². The van der Waals surface area contributed by atoms with Crippen LogP contribution in [-0.4, -0.2) is 22.2 Å². The van der Waals surface area contributed by atoms with Crippen LogP contribution in [0.25, 0.3) is 0 Å². The Labute approximate surface area is 118 Å². The molecule has 2 rings (SSSR count). The van der Waals surface area contributed by atoms with E-state index in [1.54, 1.807) is 0 Å². The van der Waals surface area contributed by atoms with Crippen molar-refractivity contribution in [1.29, 1.82) is 0 Å². The van der Waals surface area contributed by atoms with Gasteiger partial charge in [-0.1, -0.05) is 24.9 Å². The van der Waals surface area contributed by atoms with Crippen molar-refractivity contribution in [2.24, 2.45) is 5.92 Å². The second-order valence-corrected chi connectivity index (χ2v) is 5.85. The predicted molar refractivity (Wildman–Crippen MR) is 74.9 cm³/mol. The van der Waals surface area contributed by atoms with Crippen molar-refractivity contribution in [1.82, 2.24) is 4.98 Å². The zero-order valence-corrected chi connectivity index (χ0v) is 11.9. The average Bonchev–Trinajstić information content (AvgIpc) is 2.39. The summed E-state index contributed by atoms with van der Waals surface area (Å²) in [6, 6.07) is 1.22. The third kappa shape index (κ3) is 3.80. The van der Waals surface area contributed by atoms with Gasteiger partial charge in [0.15, 0.2) is 11.6 Å². The molecule has 0 aliphatic heterocycles. The summed E-state index contributed by atoms with van der Waals surface area (Å²) < 4.78 is 13.6. The van der Waals surface area contributed by atoms with Gasteiger partial charge >= 0.3 is 0 Å². The topological polar surface area (TPSA) is 45.1 Å². The van der Waals surface area contributed by atoms with E-state index in [-0.39, 0.29) is 10.8 Å². The van der Waals surface area contributed by atoms with Crippen LogP contribution in [-0.2, 0) is 0 Å². The van der Waals surface area contributed by atoms with Crippen molar-refractivity contribution in [3.05, 3.63) is 23.1 Å². The second kappa shape index (κ2) is 6.06. The summed E-state index contributed by atoms with van der Waals surface area (Å²) in [4.78, 5) is 3.90. The van der Waals surface area contributed by atoms with Crippen molar-refractivity contribution in [2.45, 2.75) is 44.6 Å². The lowest BCUT2D eigenvalue weighted by Crippen LogP contribution is -2.40. The van der Waals surface area contributed by atoms with Crippen molar-refractivity contribution in [3.8, 4) is 0 Å². The summed E-state index contributed by atoms with van der Waals surface area (Å²) in [5, 5.41) is 13.6. The van der Waals surface area contributed by atoms with Gasteiger partial charge in [-0.15, -0.1) is 0 Å². The fourth-order valence-corrected chi connectivity index (χ4v) is 2.74. The number of nitrogens with one attached hydrogen (secondary N) is 1. The molecule has 0 unspecified atom stereocenters. The van der Waals surface area contributed by atoms with Crippen LogP contribution < -0.4 is 5.32 Å². The van der Waals surface area contributed by atoms with Crippen LogP contribution in [0.2, 0.25) is 5.02 Å². The monoisotopic (exact) mass is 286 g/mol. The van der Waals surface area contributed by atoms with Crippen molar-refractivity contribution in [3.63, 3.8) is 0 Å². The summed E-state index contributed by atoms with van der Waals surface area (Å²) >= 11 is 5.65. The maximum atomic E-state index is 13.6. The lowest BCUT2D eigenvalue weighted by molar-refractivity contribution is 0.00218. The predicted octanol–water partition coefficient (Wildman–Crippen LogP) is 3.62. The molecule has 1 heterocycles. The lowest BCUT2D eigenvalue weighted by atomic mass is 9.78. The highest BCUT2D eigenvalue weighted by molar-refractivity contribution is 6.30. The number of halogens is 2. The summed E-state index contributed by atoms with van der Waals surface area (Å²) in [6.07, 6.45) is 6.14. The molecule has 19 heavy (non-hydrogen) atoms. The Morgan fingerprint density at radius 3 is 2.79 bits per heavy atom. The summed E-state index contributed by atoms with van der Waals surface area (Å²) in [7, 11) is 0. The molecule has 0 spiro atoms. The zero-order chi connectivity index (χ0) is 13.9. The molecule has 0 radical (unpaired) electrons. The third-order valence-electron chi connectivity index (χ3n) is 4.01. The van der Waals surface area contributed by atoms with E-state index in [9.17, 15) is 9.50 Å². The van der Waals surface area contributed by atoms with Gasteiger partial charge in [-0.25, -0.2) is 9.37 Å². The van der Waals surface area contributed by atoms with Crippen molar-refractivity contribution >= 4 is 17.4 Å². The van der Waals surface area contributed by atoms with E-state index < -0.39 is 11.4 Å². The van der Waals surface area contributed by atoms with E-state index in [0.29, 0.717) is 12.5 Å². The van der Waals surface area contributed by atoms with Crippen LogP contribution in [0, 0.1) is 11.7 Å². The third-order valence-corrected chi connectivity index (χ3v) is 4.21. The quantitative estimate of drug-likeness (QED) is 0.889. The minimum atomic E-state index is -0.751. The molecule has 5 heteroatoms. The number of hydrogen-bond acceptors (Lipinski definition) is 3. The van der Waals surface area contributed by atoms with Gasteiger partial charge < -0.3 is 10.4 Å². The molecule has 1 aliphatic rings. The first-order valence-electron chi connectivity index (χ1n) is 6.80. The van der Waals surface area contributed by atoms with E-state index in [2.05, 4.69) is 17.2 Å². The number of pyridine rings is 1. The molecule has 0 amide bonds. The molecule has 0 bridgehead atoms. The van der Waals surface area contributed by atoms with Crippen LogP contribution in [0.15, 0.2) is 12.3 Å². The van der Waals surface area contributed by atoms with Gasteiger partial charge in [-0.3, -0.25) is 0 Å². The molecule has 1 aromatic rings. The molecular formula is C14H20ClFN2O. The Bertz CT molecular complexity index is 433. The molecule has 1 fully saturated rings. The Morgan fingerprint density at radius 2 is 2.21 bits per heavy atom. The fourth-order valence-electron chi connectivity index (χ4n) is 2.59. The molecular weight excluding hydrogens is 267 g/mol. The minimum absolute atomic E-state index is 0.149. The molecule has 1 aliphatic carbocycles. The average molecular weight is 287 g/mol. The maximum Gasteiger partial charge on any atom is 0.166 e. The number of nitrogens with zero attached hydrogens (tertiary/aromatic N) is 1. The van der Waals surface area contributed by atoms with E-state index in [4.69, 9.17) is 11.6 Å². The molecule has 0 aromatic carbocycles. The van der Waals surface area contributed by atoms with Crippen LogP contribution in [0.4, 0.5) is 10.2 Å². The number of aromatic nitrogens is 1. The van der Waals surface area contributed by atoms with Gasteiger partial charge in [0, 0.05) is 12.7 Å². The molecule has 1 saturated carbocycles. The van der Waals surface area contributed by atoms with Crippen LogP contribution >= 0.6 is 11.6 Å². The lowest BCUT2D eigenvalue weighted by Gasteiger charge is -2.36. The van der Waals surface area contributed by atoms with Crippen LogP contribution in [0.5, 0.6) is 0 Å². The summed E-state index contributed by atoms with van der Waals surface area (Å²) in [5.41, 5.74) is -0.751. The van der Waals surface area contributed by atoms with Gasteiger partial charge in [0.05, 0.1) is 10.6 Å². The van der Waals surface area contributed by atoms with Gasteiger partial charge in [-0.2, -0.15) is 0 Å². The molecule has 0 saturated heterocycles. The normalized spacial score (nSPS) is 27.3. The summed E-state index contributed by atoms with van der Waals surface area (Å²) in [5.74, 6) is 0.374. The SMILES string of the molecule is CCC1CCC(O)(CNc2ncc(Cl)cc2F)CC1. The molecule has 106 valence electrons. The standard InChI is InChI=1S/C14H20ClFN2O/c1-2-10-3-5-14(19,6-4-10)9-18-13-12(16)7-11(15)8-17-13/h7-8,10,19H,2-6,9H2,1H3,(H,17,18). The number of hydrogen-bond donors (Lipinski definition) is 2. The number of aliphatic hydroxyl groups is 1.